The molecule has 4 nitrogen and oxygen atoms in total. The molecule has 2 atom stereocenters. The highest BCUT2D eigenvalue weighted by Gasteiger charge is 2.51. The van der Waals surface area contributed by atoms with Crippen LogP contribution in [0.4, 0.5) is 5.82 Å². The van der Waals surface area contributed by atoms with Gasteiger partial charge in [0.15, 0.2) is 5.78 Å². The van der Waals surface area contributed by atoms with Crippen molar-refractivity contribution in [1.82, 2.24) is 9.78 Å². The number of benzene rings is 2. The van der Waals surface area contributed by atoms with Crippen LogP contribution in [-0.2, 0) is 0 Å². The lowest BCUT2D eigenvalue weighted by Gasteiger charge is -2.56. The first-order valence-electron chi connectivity index (χ1n) is 13.2. The molecule has 0 radical (unpaired) electrons. The summed E-state index contributed by atoms with van der Waals surface area (Å²) in [4.78, 5) is 13.9. The molecule has 4 bridgehead atoms. The van der Waals surface area contributed by atoms with E-state index in [-0.39, 0.29) is 23.3 Å². The predicted molar refractivity (Wildman–Crippen MR) is 139 cm³/mol. The van der Waals surface area contributed by atoms with Crippen LogP contribution >= 0.6 is 11.6 Å². The average molecular weight is 486 g/mol. The fourth-order valence-corrected chi connectivity index (χ4v) is 8.43. The van der Waals surface area contributed by atoms with Gasteiger partial charge in [-0.15, -0.1) is 0 Å². The predicted octanol–water partition coefficient (Wildman–Crippen LogP) is 7.47. The van der Waals surface area contributed by atoms with Crippen molar-refractivity contribution in [3.63, 3.8) is 0 Å². The molecule has 0 saturated heterocycles. The SMILES string of the molecule is O=C(CC12CC3CC(CC(C3)C1)C2)c1cnn2c1NC(c1ccc(Cl)cc1)CC2c1ccccc1. The summed E-state index contributed by atoms with van der Waals surface area (Å²) in [5.74, 6) is 3.70. The zero-order chi connectivity index (χ0) is 23.6. The third-order valence-corrected chi connectivity index (χ3v) is 9.57. The molecule has 5 heteroatoms. The standard InChI is InChI=1S/C30H32ClN3O/c31-24-8-6-22(7-9-24)26-13-27(23-4-2-1-3-5-23)34-29(33-26)25(18-32-34)28(35)17-30-14-19-10-20(15-30)12-21(11-19)16-30/h1-9,18-21,26-27,33H,10-17H2. The highest BCUT2D eigenvalue weighted by atomic mass is 35.5. The van der Waals surface area contributed by atoms with Crippen molar-refractivity contribution in [2.45, 2.75) is 63.5 Å². The first kappa shape index (κ1) is 21.7. The van der Waals surface area contributed by atoms with E-state index in [2.05, 4.69) is 46.4 Å². The van der Waals surface area contributed by atoms with E-state index >= 15 is 0 Å². The van der Waals surface area contributed by atoms with E-state index < -0.39 is 0 Å². The number of rotatable bonds is 5. The first-order valence-corrected chi connectivity index (χ1v) is 13.6. The lowest BCUT2D eigenvalue weighted by atomic mass is 9.48. The minimum absolute atomic E-state index is 0.0780. The van der Waals surface area contributed by atoms with E-state index in [0.717, 1.165) is 40.6 Å². The number of fused-ring (bicyclic) bond motifs is 1. The van der Waals surface area contributed by atoms with Crippen molar-refractivity contribution in [2.75, 3.05) is 5.32 Å². The highest BCUT2D eigenvalue weighted by molar-refractivity contribution is 6.30. The van der Waals surface area contributed by atoms with Crippen LogP contribution in [0.5, 0.6) is 0 Å². The molecule has 2 heterocycles. The molecule has 4 saturated carbocycles. The Morgan fingerprint density at radius 2 is 1.57 bits per heavy atom. The molecular weight excluding hydrogens is 454 g/mol. The van der Waals surface area contributed by atoms with Crippen LogP contribution in [0.3, 0.4) is 0 Å². The van der Waals surface area contributed by atoms with Gasteiger partial charge in [0, 0.05) is 11.4 Å². The zero-order valence-electron chi connectivity index (χ0n) is 20.0. The van der Waals surface area contributed by atoms with Crippen LogP contribution < -0.4 is 5.32 Å². The summed E-state index contributed by atoms with van der Waals surface area (Å²) >= 11 is 6.17. The number of hydrogen-bond acceptors (Lipinski definition) is 3. The van der Waals surface area contributed by atoms with Gasteiger partial charge >= 0.3 is 0 Å². The van der Waals surface area contributed by atoms with Gasteiger partial charge in [-0.2, -0.15) is 5.10 Å². The Morgan fingerprint density at radius 1 is 0.914 bits per heavy atom. The normalized spacial score (nSPS) is 32.8. The molecule has 8 rings (SSSR count). The number of carbonyl (C=O) groups excluding carboxylic acids is 1. The van der Waals surface area contributed by atoms with Crippen molar-refractivity contribution >= 4 is 23.2 Å². The van der Waals surface area contributed by atoms with Gasteiger partial charge in [-0.25, -0.2) is 4.68 Å². The van der Waals surface area contributed by atoms with E-state index in [4.69, 9.17) is 16.7 Å². The maximum atomic E-state index is 13.9. The number of nitrogens with zero attached hydrogens (tertiary/aromatic N) is 2. The molecular formula is C30H32ClN3O. The maximum absolute atomic E-state index is 13.9. The van der Waals surface area contributed by atoms with Gasteiger partial charge in [0.2, 0.25) is 0 Å². The minimum Gasteiger partial charge on any atom is -0.363 e. The average Bonchev–Trinajstić information content (AvgIpc) is 3.28. The summed E-state index contributed by atoms with van der Waals surface area (Å²) in [5.41, 5.74) is 3.39. The Hall–Kier alpha value is -2.59. The molecule has 0 spiro atoms. The molecule has 1 aromatic heterocycles. The van der Waals surface area contributed by atoms with Crippen LogP contribution in [0.1, 0.15) is 84.9 Å². The highest BCUT2D eigenvalue weighted by Crippen LogP contribution is 2.61. The number of hydrogen-bond donors (Lipinski definition) is 1. The minimum atomic E-state index is 0.0780. The van der Waals surface area contributed by atoms with Crippen LogP contribution in [0.15, 0.2) is 60.8 Å². The molecule has 35 heavy (non-hydrogen) atoms. The summed E-state index contributed by atoms with van der Waals surface area (Å²) < 4.78 is 2.05. The van der Waals surface area contributed by atoms with E-state index in [1.54, 1.807) is 0 Å². The van der Waals surface area contributed by atoms with Gasteiger partial charge in [0.25, 0.3) is 0 Å². The number of ketones is 1. The lowest BCUT2D eigenvalue weighted by Crippen LogP contribution is -2.46. The number of halogens is 1. The first-order chi connectivity index (χ1) is 17.1. The molecule has 1 aliphatic heterocycles. The summed E-state index contributed by atoms with van der Waals surface area (Å²) in [6, 6.07) is 18.8. The summed E-state index contributed by atoms with van der Waals surface area (Å²) in [5, 5.41) is 9.23. The van der Waals surface area contributed by atoms with Gasteiger partial charge in [-0.1, -0.05) is 54.1 Å². The van der Waals surface area contributed by atoms with Crippen molar-refractivity contribution in [3.05, 3.63) is 82.5 Å². The summed E-state index contributed by atoms with van der Waals surface area (Å²) in [6.45, 7) is 0. The molecule has 2 unspecified atom stereocenters. The number of carbonyl (C=O) groups is 1. The Balaban J connectivity index is 1.22. The van der Waals surface area contributed by atoms with Crippen LogP contribution in [0.25, 0.3) is 0 Å². The summed E-state index contributed by atoms with van der Waals surface area (Å²) in [6.07, 6.45) is 11.3. The second-order valence-electron chi connectivity index (χ2n) is 11.8. The maximum Gasteiger partial charge on any atom is 0.168 e. The quantitative estimate of drug-likeness (QED) is 0.381. The van der Waals surface area contributed by atoms with E-state index in [9.17, 15) is 4.79 Å². The number of nitrogens with one attached hydrogen (secondary N) is 1. The number of anilines is 1. The molecule has 4 aliphatic carbocycles. The fraction of sp³-hybridized carbons (Fsp3) is 0.467. The Labute approximate surface area is 212 Å². The largest absolute Gasteiger partial charge is 0.363 e. The second-order valence-corrected chi connectivity index (χ2v) is 12.2. The smallest absolute Gasteiger partial charge is 0.168 e. The third kappa shape index (κ3) is 3.81. The van der Waals surface area contributed by atoms with E-state index in [1.165, 1.54) is 49.7 Å². The van der Waals surface area contributed by atoms with Gasteiger partial charge in [-0.05, 0) is 91.4 Å². The van der Waals surface area contributed by atoms with Crippen molar-refractivity contribution in [2.24, 2.45) is 23.2 Å². The van der Waals surface area contributed by atoms with Crippen LogP contribution in [-0.4, -0.2) is 15.6 Å². The Bertz CT molecular complexity index is 1210. The fourth-order valence-electron chi connectivity index (χ4n) is 8.30. The number of aromatic nitrogens is 2. The monoisotopic (exact) mass is 485 g/mol. The third-order valence-electron chi connectivity index (χ3n) is 9.32. The van der Waals surface area contributed by atoms with Gasteiger partial charge in [-0.3, -0.25) is 4.79 Å². The molecule has 4 fully saturated rings. The molecule has 0 amide bonds. The molecule has 5 aliphatic rings. The van der Waals surface area contributed by atoms with Crippen LogP contribution in [0.2, 0.25) is 5.02 Å². The van der Waals surface area contributed by atoms with Gasteiger partial charge < -0.3 is 5.32 Å². The molecule has 2 aromatic carbocycles. The summed E-state index contributed by atoms with van der Waals surface area (Å²) in [7, 11) is 0. The van der Waals surface area contributed by atoms with E-state index in [0.29, 0.717) is 6.42 Å². The van der Waals surface area contributed by atoms with Crippen molar-refractivity contribution in [1.29, 1.82) is 0 Å². The second kappa shape index (κ2) is 8.23. The molecule has 1 N–H and O–H groups in total. The van der Waals surface area contributed by atoms with E-state index in [1.807, 2.05) is 24.4 Å². The van der Waals surface area contributed by atoms with Gasteiger partial charge in [0.1, 0.15) is 5.82 Å². The van der Waals surface area contributed by atoms with Crippen molar-refractivity contribution < 1.29 is 4.79 Å². The Morgan fingerprint density at radius 3 is 2.23 bits per heavy atom. The Kier molecular flexibility index (Phi) is 5.10. The number of Topliss-reactive ketones (excluding diaryl/α,β-unsaturated/α-hetero) is 1. The van der Waals surface area contributed by atoms with Crippen molar-refractivity contribution in [3.8, 4) is 0 Å². The topological polar surface area (TPSA) is 46.9 Å². The zero-order valence-corrected chi connectivity index (χ0v) is 20.8. The van der Waals surface area contributed by atoms with Crippen LogP contribution in [0, 0.1) is 23.2 Å². The molecule has 180 valence electrons. The molecule has 3 aromatic rings. The van der Waals surface area contributed by atoms with Gasteiger partial charge in [0.05, 0.1) is 23.8 Å². The lowest BCUT2D eigenvalue weighted by molar-refractivity contribution is -0.0524.